The highest BCUT2D eigenvalue weighted by Gasteiger charge is 2.05. The Morgan fingerprint density at radius 3 is 2.64 bits per heavy atom. The average Bonchev–Trinajstić information content (AvgIpc) is 2.49. The number of ether oxygens (including phenoxy) is 1. The average molecular weight is 298 g/mol. The maximum atomic E-state index is 5.89. The molecular formula is C19H26N2O. The van der Waals surface area contributed by atoms with Crippen LogP contribution in [-0.4, -0.2) is 24.8 Å². The van der Waals surface area contributed by atoms with Crippen LogP contribution >= 0.6 is 0 Å². The molecule has 118 valence electrons. The minimum Gasteiger partial charge on any atom is -0.462 e. The van der Waals surface area contributed by atoms with Gasteiger partial charge in [-0.05, 0) is 57.0 Å². The van der Waals surface area contributed by atoms with Crippen LogP contribution in [0.2, 0.25) is 0 Å². The van der Waals surface area contributed by atoms with Crippen molar-refractivity contribution in [1.29, 1.82) is 0 Å². The van der Waals surface area contributed by atoms with Gasteiger partial charge in [-0.25, -0.2) is 4.99 Å². The van der Waals surface area contributed by atoms with Crippen LogP contribution in [0.15, 0.2) is 53.8 Å². The standard InChI is InChI=1S/C19H26N2O/c1-7-9-10-11-17(5)22-19-13-15(3)18(12-16(19)4)20-14-21(6)8-2/h7,9-14H,1,8H2,2-6H3/b10-9-,17-11+,20-14?. The second-order valence-electron chi connectivity index (χ2n) is 5.22. The lowest BCUT2D eigenvalue weighted by molar-refractivity contribution is 0.424. The van der Waals surface area contributed by atoms with Gasteiger partial charge in [-0.2, -0.15) is 0 Å². The number of allylic oxidation sites excluding steroid dienone is 5. The topological polar surface area (TPSA) is 24.8 Å². The van der Waals surface area contributed by atoms with Gasteiger partial charge in [-0.3, -0.25) is 0 Å². The van der Waals surface area contributed by atoms with Gasteiger partial charge in [0.1, 0.15) is 11.5 Å². The normalized spacial score (nSPS) is 12.1. The zero-order chi connectivity index (χ0) is 16.5. The Morgan fingerprint density at radius 2 is 2.00 bits per heavy atom. The minimum absolute atomic E-state index is 0.836. The summed E-state index contributed by atoms with van der Waals surface area (Å²) in [5.41, 5.74) is 3.13. The van der Waals surface area contributed by atoms with E-state index in [0.717, 1.165) is 34.9 Å². The van der Waals surface area contributed by atoms with Gasteiger partial charge >= 0.3 is 0 Å². The molecule has 0 aliphatic heterocycles. The highest BCUT2D eigenvalue weighted by Crippen LogP contribution is 2.29. The highest BCUT2D eigenvalue weighted by molar-refractivity contribution is 5.64. The van der Waals surface area contributed by atoms with Crippen molar-refractivity contribution in [1.82, 2.24) is 4.90 Å². The summed E-state index contributed by atoms with van der Waals surface area (Å²) in [7, 11) is 2.01. The van der Waals surface area contributed by atoms with Gasteiger partial charge in [0.2, 0.25) is 0 Å². The van der Waals surface area contributed by atoms with E-state index >= 15 is 0 Å². The number of hydrogen-bond donors (Lipinski definition) is 0. The van der Waals surface area contributed by atoms with Crippen LogP contribution in [-0.2, 0) is 0 Å². The molecule has 0 fully saturated rings. The van der Waals surface area contributed by atoms with Crippen LogP contribution < -0.4 is 4.74 Å². The quantitative estimate of drug-likeness (QED) is 0.308. The van der Waals surface area contributed by atoms with Crippen molar-refractivity contribution < 1.29 is 4.74 Å². The number of hydrogen-bond acceptors (Lipinski definition) is 2. The summed E-state index contributed by atoms with van der Waals surface area (Å²) < 4.78 is 5.89. The van der Waals surface area contributed by atoms with Gasteiger partial charge in [0, 0.05) is 13.6 Å². The van der Waals surface area contributed by atoms with E-state index in [2.05, 4.69) is 24.6 Å². The van der Waals surface area contributed by atoms with Crippen molar-refractivity contribution in [2.45, 2.75) is 27.7 Å². The van der Waals surface area contributed by atoms with E-state index in [1.54, 1.807) is 6.08 Å². The molecule has 0 atom stereocenters. The molecule has 0 aliphatic rings. The zero-order valence-corrected chi connectivity index (χ0v) is 14.3. The van der Waals surface area contributed by atoms with Crippen molar-refractivity contribution in [3.05, 3.63) is 59.9 Å². The molecule has 0 N–H and O–H groups in total. The first-order valence-corrected chi connectivity index (χ1v) is 7.47. The van der Waals surface area contributed by atoms with Crippen molar-refractivity contribution in [3.63, 3.8) is 0 Å². The summed E-state index contributed by atoms with van der Waals surface area (Å²) in [5, 5.41) is 0. The second-order valence-corrected chi connectivity index (χ2v) is 5.22. The predicted molar refractivity (Wildman–Crippen MR) is 96.1 cm³/mol. The van der Waals surface area contributed by atoms with Crippen molar-refractivity contribution in [2.24, 2.45) is 4.99 Å². The van der Waals surface area contributed by atoms with Crippen molar-refractivity contribution in [2.75, 3.05) is 13.6 Å². The summed E-state index contributed by atoms with van der Waals surface area (Å²) in [6.07, 6.45) is 9.28. The molecular weight excluding hydrogens is 272 g/mol. The molecule has 0 heterocycles. The summed E-state index contributed by atoms with van der Waals surface area (Å²) in [6, 6.07) is 4.08. The summed E-state index contributed by atoms with van der Waals surface area (Å²) >= 11 is 0. The largest absolute Gasteiger partial charge is 0.462 e. The number of benzene rings is 1. The van der Waals surface area contributed by atoms with Crippen LogP contribution in [0.1, 0.15) is 25.0 Å². The molecule has 0 bridgehead atoms. The van der Waals surface area contributed by atoms with Crippen LogP contribution in [0.5, 0.6) is 5.75 Å². The SMILES string of the molecule is C=C/C=C\C=C(/C)Oc1cc(C)c(N=CN(C)CC)cc1C. The van der Waals surface area contributed by atoms with Gasteiger partial charge in [-0.1, -0.05) is 24.8 Å². The first kappa shape index (κ1) is 17.8. The van der Waals surface area contributed by atoms with Gasteiger partial charge in [0.05, 0.1) is 12.0 Å². The fraction of sp³-hybridized carbons (Fsp3) is 0.316. The molecule has 0 spiro atoms. The minimum atomic E-state index is 0.836. The maximum absolute atomic E-state index is 5.89. The van der Waals surface area contributed by atoms with Gasteiger partial charge in [-0.15, -0.1) is 0 Å². The number of nitrogens with zero attached hydrogens (tertiary/aromatic N) is 2. The van der Waals surface area contributed by atoms with E-state index in [1.807, 2.05) is 63.4 Å². The van der Waals surface area contributed by atoms with Gasteiger partial charge in [0.25, 0.3) is 0 Å². The fourth-order valence-electron chi connectivity index (χ4n) is 1.74. The number of rotatable bonds is 7. The van der Waals surface area contributed by atoms with E-state index in [-0.39, 0.29) is 0 Å². The zero-order valence-electron chi connectivity index (χ0n) is 14.3. The molecule has 22 heavy (non-hydrogen) atoms. The maximum Gasteiger partial charge on any atom is 0.130 e. The lowest BCUT2D eigenvalue weighted by Crippen LogP contribution is -2.14. The summed E-state index contributed by atoms with van der Waals surface area (Å²) in [6.45, 7) is 12.7. The van der Waals surface area contributed by atoms with Gasteiger partial charge < -0.3 is 9.64 Å². The first-order chi connectivity index (χ1) is 10.5. The molecule has 3 nitrogen and oxygen atoms in total. The van der Waals surface area contributed by atoms with Crippen molar-refractivity contribution >= 4 is 12.0 Å². The molecule has 0 amide bonds. The van der Waals surface area contributed by atoms with E-state index < -0.39 is 0 Å². The Bertz CT molecular complexity index is 598. The monoisotopic (exact) mass is 298 g/mol. The number of aryl methyl sites for hydroxylation is 2. The van der Waals surface area contributed by atoms with Crippen LogP contribution in [0.3, 0.4) is 0 Å². The molecule has 1 rings (SSSR count). The fourth-order valence-corrected chi connectivity index (χ4v) is 1.74. The predicted octanol–water partition coefficient (Wildman–Crippen LogP) is 4.94. The van der Waals surface area contributed by atoms with E-state index in [0.29, 0.717) is 0 Å². The van der Waals surface area contributed by atoms with Crippen LogP contribution in [0.25, 0.3) is 0 Å². The molecule has 0 unspecified atom stereocenters. The van der Waals surface area contributed by atoms with E-state index in [4.69, 9.17) is 4.74 Å². The molecule has 0 saturated carbocycles. The highest BCUT2D eigenvalue weighted by atomic mass is 16.5. The van der Waals surface area contributed by atoms with Crippen molar-refractivity contribution in [3.8, 4) is 5.75 Å². The summed E-state index contributed by atoms with van der Waals surface area (Å²) in [4.78, 5) is 6.57. The second kappa shape index (κ2) is 8.88. The smallest absolute Gasteiger partial charge is 0.130 e. The molecule has 0 radical (unpaired) electrons. The third kappa shape index (κ3) is 5.60. The Labute approximate surface area is 134 Å². The lowest BCUT2D eigenvalue weighted by atomic mass is 10.1. The van der Waals surface area contributed by atoms with Crippen LogP contribution in [0.4, 0.5) is 5.69 Å². The third-order valence-electron chi connectivity index (χ3n) is 3.24. The Balaban J connectivity index is 2.94. The van der Waals surface area contributed by atoms with E-state index in [1.165, 1.54) is 0 Å². The van der Waals surface area contributed by atoms with E-state index in [9.17, 15) is 0 Å². The summed E-state index contributed by atoms with van der Waals surface area (Å²) in [5.74, 6) is 1.70. The van der Waals surface area contributed by atoms with Gasteiger partial charge in [0.15, 0.2) is 0 Å². The van der Waals surface area contributed by atoms with Crippen LogP contribution in [0, 0.1) is 13.8 Å². The molecule has 1 aromatic carbocycles. The lowest BCUT2D eigenvalue weighted by Gasteiger charge is -2.12. The molecule has 1 aromatic rings. The molecule has 3 heteroatoms. The third-order valence-corrected chi connectivity index (χ3v) is 3.24. The number of aliphatic imine (C=N–C) groups is 1. The molecule has 0 aliphatic carbocycles. The first-order valence-electron chi connectivity index (χ1n) is 7.47. The Morgan fingerprint density at radius 1 is 1.27 bits per heavy atom. The molecule has 0 aromatic heterocycles. The molecule has 0 saturated heterocycles. The Kier molecular flexibility index (Phi) is 7.17. The Hall–Kier alpha value is -2.29.